The van der Waals surface area contributed by atoms with Gasteiger partial charge < -0.3 is 31.3 Å². The molecular formula is C26H47N5O5S. The van der Waals surface area contributed by atoms with Gasteiger partial charge >= 0.3 is 12.1 Å². The predicted molar refractivity (Wildman–Crippen MR) is 147 cm³/mol. The summed E-state index contributed by atoms with van der Waals surface area (Å²) in [6.07, 6.45) is 8.76. The molecule has 0 bridgehead atoms. The molecule has 2 heterocycles. The minimum Gasteiger partial charge on any atom is -0.444 e. The van der Waals surface area contributed by atoms with Gasteiger partial charge in [0.05, 0.1) is 12.1 Å². The van der Waals surface area contributed by atoms with E-state index in [1.165, 1.54) is 0 Å². The molecule has 0 aromatic carbocycles. The van der Waals surface area contributed by atoms with Crippen molar-refractivity contribution in [1.82, 2.24) is 26.6 Å². The van der Waals surface area contributed by atoms with Gasteiger partial charge in [-0.1, -0.05) is 12.8 Å². The summed E-state index contributed by atoms with van der Waals surface area (Å²) in [4.78, 5) is 46.9. The highest BCUT2D eigenvalue weighted by Gasteiger charge is 2.42. The van der Waals surface area contributed by atoms with Gasteiger partial charge in [-0.2, -0.15) is 11.8 Å². The molecule has 5 amide bonds. The number of hydrogen-bond donors (Lipinski definition) is 5. The highest BCUT2D eigenvalue weighted by Crippen LogP contribution is 2.33. The first kappa shape index (κ1) is 31.1. The number of fused-ring (bicyclic) bond motifs is 1. The van der Waals surface area contributed by atoms with Crippen LogP contribution in [0.4, 0.5) is 9.59 Å². The number of hydrogen-bond acceptors (Lipinski definition) is 6. The van der Waals surface area contributed by atoms with E-state index in [9.17, 15) is 19.2 Å². The molecule has 2 fully saturated rings. The monoisotopic (exact) mass is 541 g/mol. The van der Waals surface area contributed by atoms with Gasteiger partial charge in [-0.15, -0.1) is 0 Å². The average molecular weight is 542 g/mol. The molecule has 0 aromatic heterocycles. The number of carbonyl (C=O) groups is 4. The summed E-state index contributed by atoms with van der Waals surface area (Å²) in [6, 6.07) is 0.426. The van der Waals surface area contributed by atoms with E-state index in [4.69, 9.17) is 4.74 Å². The summed E-state index contributed by atoms with van der Waals surface area (Å²) >= 11 is 1.91. The number of carbonyl (C=O) groups excluding carboxylic acids is 4. The number of nitrogens with one attached hydrogen (secondary N) is 5. The number of rotatable bonds is 17. The van der Waals surface area contributed by atoms with Crippen LogP contribution in [0.3, 0.4) is 0 Å². The van der Waals surface area contributed by atoms with Gasteiger partial charge in [0.25, 0.3) is 0 Å². The lowest BCUT2D eigenvalue weighted by atomic mass is 10.0. The second-order valence-electron chi connectivity index (χ2n) is 10.9. The van der Waals surface area contributed by atoms with Crippen LogP contribution in [-0.4, -0.2) is 72.3 Å². The Bertz CT molecular complexity index is 745. The van der Waals surface area contributed by atoms with Crippen molar-refractivity contribution in [3.05, 3.63) is 0 Å². The Morgan fingerprint density at radius 3 is 2.03 bits per heavy atom. The Balaban J connectivity index is 1.33. The fourth-order valence-corrected chi connectivity index (χ4v) is 5.97. The van der Waals surface area contributed by atoms with Crippen LogP contribution in [0.2, 0.25) is 0 Å². The first-order valence-electron chi connectivity index (χ1n) is 13.8. The zero-order valence-corrected chi connectivity index (χ0v) is 23.6. The molecule has 0 spiro atoms. The second kappa shape index (κ2) is 16.6. The van der Waals surface area contributed by atoms with Crippen molar-refractivity contribution in [1.29, 1.82) is 0 Å². The average Bonchev–Trinajstić information content (AvgIpc) is 3.36. The van der Waals surface area contributed by atoms with Crippen molar-refractivity contribution in [2.75, 3.05) is 25.4 Å². The molecule has 3 atom stereocenters. The van der Waals surface area contributed by atoms with Gasteiger partial charge in [0.1, 0.15) is 5.60 Å². The van der Waals surface area contributed by atoms with Crippen LogP contribution in [0.15, 0.2) is 0 Å². The summed E-state index contributed by atoms with van der Waals surface area (Å²) in [6.45, 7) is 7.36. The third-order valence-corrected chi connectivity index (χ3v) is 7.84. The Kier molecular flexibility index (Phi) is 14.0. The molecular weight excluding hydrogens is 494 g/mol. The number of unbranched alkanes of at least 4 members (excludes halogenated alkanes) is 5. The third kappa shape index (κ3) is 13.8. The standard InChI is InChI=1S/C26H47N5O5S/c1-26(2,3)36-25(35)29-17-11-5-10-16-28-21(32)13-6-4-9-15-27-22(33)14-8-7-12-20-23-19(18-37-20)30-24(34)31-23/h19-20,23H,4-18H2,1-3H3,(H,27,33)(H,28,32)(H,29,35)(H2,30,31,34)/t19-,20?,23-/m0/s1. The molecule has 2 rings (SSSR count). The van der Waals surface area contributed by atoms with E-state index in [1.807, 2.05) is 32.5 Å². The maximum Gasteiger partial charge on any atom is 0.407 e. The zero-order chi connectivity index (χ0) is 27.1. The molecule has 0 aliphatic carbocycles. The van der Waals surface area contributed by atoms with Gasteiger partial charge in [0.15, 0.2) is 0 Å². The number of thioether (sulfide) groups is 1. The molecule has 1 unspecified atom stereocenters. The molecule has 10 nitrogen and oxygen atoms in total. The fraction of sp³-hybridized carbons (Fsp3) is 0.846. The third-order valence-electron chi connectivity index (χ3n) is 6.33. The number of urea groups is 1. The molecule has 0 aromatic rings. The number of ether oxygens (including phenoxy) is 1. The summed E-state index contributed by atoms with van der Waals surface area (Å²) in [5.74, 6) is 1.12. The van der Waals surface area contributed by atoms with E-state index >= 15 is 0 Å². The van der Waals surface area contributed by atoms with E-state index in [0.29, 0.717) is 37.7 Å². The number of alkyl carbamates (subject to hydrolysis) is 1. The molecule has 11 heteroatoms. The second-order valence-corrected chi connectivity index (χ2v) is 12.1. The lowest BCUT2D eigenvalue weighted by molar-refractivity contribution is -0.122. The highest BCUT2D eigenvalue weighted by atomic mass is 32.2. The normalized spacial score (nSPS) is 20.5. The number of amides is 5. The Hall–Kier alpha value is -2.17. The lowest BCUT2D eigenvalue weighted by Crippen LogP contribution is -2.36. The van der Waals surface area contributed by atoms with Gasteiger partial charge in [0, 0.05) is 43.5 Å². The van der Waals surface area contributed by atoms with E-state index in [1.54, 1.807) is 0 Å². The maximum atomic E-state index is 12.0. The Morgan fingerprint density at radius 1 is 0.838 bits per heavy atom. The SMILES string of the molecule is CC(C)(C)OC(=O)NCCCCCNC(=O)CCCCCNC(=O)CCCCC1SC[C@@H]2NC(=O)N[C@H]12. The topological polar surface area (TPSA) is 138 Å². The summed E-state index contributed by atoms with van der Waals surface area (Å²) in [5.41, 5.74) is -0.488. The molecule has 5 N–H and O–H groups in total. The van der Waals surface area contributed by atoms with Crippen molar-refractivity contribution in [2.45, 2.75) is 114 Å². The maximum absolute atomic E-state index is 12.0. The zero-order valence-electron chi connectivity index (χ0n) is 22.8. The van der Waals surface area contributed by atoms with E-state index in [0.717, 1.165) is 63.5 Å². The van der Waals surface area contributed by atoms with Gasteiger partial charge in [-0.3, -0.25) is 9.59 Å². The van der Waals surface area contributed by atoms with Gasteiger partial charge in [-0.05, 0) is 65.7 Å². The summed E-state index contributed by atoms with van der Waals surface area (Å²) < 4.78 is 5.18. The van der Waals surface area contributed by atoms with E-state index in [-0.39, 0.29) is 29.9 Å². The summed E-state index contributed by atoms with van der Waals surface area (Å²) in [7, 11) is 0. The highest BCUT2D eigenvalue weighted by molar-refractivity contribution is 8.00. The first-order valence-corrected chi connectivity index (χ1v) is 14.9. The lowest BCUT2D eigenvalue weighted by Gasteiger charge is -2.19. The van der Waals surface area contributed by atoms with Gasteiger partial charge in [0.2, 0.25) is 11.8 Å². The van der Waals surface area contributed by atoms with E-state index < -0.39 is 11.7 Å². The molecule has 37 heavy (non-hydrogen) atoms. The molecule has 2 aliphatic rings. The molecule has 2 saturated heterocycles. The predicted octanol–water partition coefficient (Wildman–Crippen LogP) is 3.20. The fourth-order valence-electron chi connectivity index (χ4n) is 4.43. The minimum atomic E-state index is -0.488. The molecule has 212 valence electrons. The van der Waals surface area contributed by atoms with Crippen LogP contribution in [0.25, 0.3) is 0 Å². The molecule has 0 radical (unpaired) electrons. The van der Waals surface area contributed by atoms with Crippen LogP contribution in [0, 0.1) is 0 Å². The van der Waals surface area contributed by atoms with Crippen molar-refractivity contribution >= 4 is 35.7 Å². The smallest absolute Gasteiger partial charge is 0.407 e. The van der Waals surface area contributed by atoms with Gasteiger partial charge in [-0.25, -0.2) is 9.59 Å². The van der Waals surface area contributed by atoms with Crippen molar-refractivity contribution in [3.63, 3.8) is 0 Å². The molecule has 0 saturated carbocycles. The quantitative estimate of drug-likeness (QED) is 0.142. The Morgan fingerprint density at radius 2 is 1.41 bits per heavy atom. The first-order chi connectivity index (χ1) is 17.6. The van der Waals surface area contributed by atoms with Crippen molar-refractivity contribution < 1.29 is 23.9 Å². The van der Waals surface area contributed by atoms with Crippen LogP contribution in [0.1, 0.15) is 91.4 Å². The Labute approximate surface area is 225 Å². The largest absolute Gasteiger partial charge is 0.444 e. The van der Waals surface area contributed by atoms with Crippen molar-refractivity contribution in [2.24, 2.45) is 0 Å². The van der Waals surface area contributed by atoms with Crippen LogP contribution < -0.4 is 26.6 Å². The molecule has 2 aliphatic heterocycles. The van der Waals surface area contributed by atoms with E-state index in [2.05, 4.69) is 26.6 Å². The minimum absolute atomic E-state index is 0.0569. The van der Waals surface area contributed by atoms with Crippen molar-refractivity contribution in [3.8, 4) is 0 Å². The van der Waals surface area contributed by atoms with Crippen LogP contribution in [0.5, 0.6) is 0 Å². The van der Waals surface area contributed by atoms with Crippen LogP contribution >= 0.6 is 11.8 Å². The summed E-state index contributed by atoms with van der Waals surface area (Å²) in [5, 5.41) is 15.0. The van der Waals surface area contributed by atoms with Crippen LogP contribution in [-0.2, 0) is 14.3 Å².